The summed E-state index contributed by atoms with van der Waals surface area (Å²) in [7, 11) is 1.41. The third-order valence-corrected chi connectivity index (χ3v) is 6.25. The summed E-state index contributed by atoms with van der Waals surface area (Å²) in [6.45, 7) is -0.0309. The van der Waals surface area contributed by atoms with Gasteiger partial charge in [0, 0.05) is 36.6 Å². The van der Waals surface area contributed by atoms with Gasteiger partial charge in [0.1, 0.15) is 17.5 Å². The van der Waals surface area contributed by atoms with Crippen LogP contribution < -0.4 is 14.8 Å². The fourth-order valence-corrected chi connectivity index (χ4v) is 4.62. The van der Waals surface area contributed by atoms with Gasteiger partial charge in [-0.1, -0.05) is 18.2 Å². The molecule has 35 heavy (non-hydrogen) atoms. The van der Waals surface area contributed by atoms with E-state index in [2.05, 4.69) is 10.1 Å². The second-order valence-corrected chi connectivity index (χ2v) is 8.53. The zero-order valence-electron chi connectivity index (χ0n) is 18.7. The first-order valence-corrected chi connectivity index (χ1v) is 11.0. The zero-order chi connectivity index (χ0) is 25.4. The fourth-order valence-electron chi connectivity index (χ4n) is 4.62. The van der Waals surface area contributed by atoms with E-state index in [0.717, 1.165) is 12.1 Å². The number of alkyl halides is 5. The molecule has 6 nitrogen and oxygen atoms in total. The number of fused-ring (bicyclic) bond motifs is 1. The van der Waals surface area contributed by atoms with Crippen molar-refractivity contribution in [1.29, 1.82) is 0 Å². The smallest absolute Gasteiger partial charge is 0.496 e. The lowest BCUT2D eigenvalue weighted by molar-refractivity contribution is -0.274. The predicted molar refractivity (Wildman–Crippen MR) is 114 cm³/mol. The monoisotopic (exact) mass is 498 g/mol. The van der Waals surface area contributed by atoms with Crippen molar-refractivity contribution in [1.82, 2.24) is 10.2 Å². The molecule has 2 aromatic carbocycles. The first kappa shape index (κ1) is 24.7. The van der Waals surface area contributed by atoms with Crippen LogP contribution in [-0.2, 0) is 11.3 Å². The predicted octanol–water partition coefficient (Wildman–Crippen LogP) is 4.99. The van der Waals surface area contributed by atoms with E-state index in [1.807, 2.05) is 0 Å². The number of hydrogen-bond acceptors (Lipinski definition) is 4. The summed E-state index contributed by atoms with van der Waals surface area (Å²) >= 11 is 0. The van der Waals surface area contributed by atoms with E-state index in [9.17, 15) is 31.5 Å². The molecule has 0 saturated heterocycles. The van der Waals surface area contributed by atoms with Crippen LogP contribution in [0.4, 0.5) is 22.0 Å². The Morgan fingerprint density at radius 1 is 1.11 bits per heavy atom. The number of nitrogens with one attached hydrogen (secondary N) is 1. The highest BCUT2D eigenvalue weighted by atomic mass is 19.4. The third-order valence-electron chi connectivity index (χ3n) is 6.25. The van der Waals surface area contributed by atoms with Crippen LogP contribution in [0.15, 0.2) is 42.5 Å². The van der Waals surface area contributed by atoms with Gasteiger partial charge in [0.25, 0.3) is 5.91 Å². The minimum atomic E-state index is -4.82. The van der Waals surface area contributed by atoms with Crippen LogP contribution in [0.2, 0.25) is 0 Å². The molecule has 1 saturated carbocycles. The van der Waals surface area contributed by atoms with Crippen molar-refractivity contribution in [2.45, 2.75) is 56.6 Å². The number of methoxy groups -OCH3 is 1. The van der Waals surface area contributed by atoms with Crippen LogP contribution in [-0.4, -0.2) is 42.2 Å². The number of ether oxygens (including phenoxy) is 2. The molecule has 1 unspecified atom stereocenters. The standard InChI is InChI=1S/C24H23F5N2O4/c1-34-18-4-2-3-17-19(18)20(31(22(17)33)15-9-11-23(25,26)12-10-15)21(32)30-13-14-5-7-16(8-6-14)35-24(27,28)29/h2-8,15,20H,9-13H2,1H3,(H,30,32). The van der Waals surface area contributed by atoms with E-state index in [0.29, 0.717) is 16.9 Å². The van der Waals surface area contributed by atoms with Gasteiger partial charge in [0.05, 0.1) is 7.11 Å². The highest BCUT2D eigenvalue weighted by Crippen LogP contribution is 2.45. The SMILES string of the molecule is COc1cccc2c1C(C(=O)NCc1ccc(OC(F)(F)F)cc1)N(C1CCC(F)(F)CC1)C2=O. The lowest BCUT2D eigenvalue weighted by Gasteiger charge is -2.37. The van der Waals surface area contributed by atoms with Crippen LogP contribution in [0.25, 0.3) is 0 Å². The van der Waals surface area contributed by atoms with E-state index in [-0.39, 0.29) is 37.8 Å². The number of halogens is 5. The summed E-state index contributed by atoms with van der Waals surface area (Å²) in [5, 5.41) is 2.71. The number of carbonyl (C=O) groups is 2. The van der Waals surface area contributed by atoms with Crippen LogP contribution in [0.5, 0.6) is 11.5 Å². The van der Waals surface area contributed by atoms with Crippen molar-refractivity contribution in [3.8, 4) is 11.5 Å². The maximum absolute atomic E-state index is 13.8. The van der Waals surface area contributed by atoms with Gasteiger partial charge in [-0.25, -0.2) is 8.78 Å². The van der Waals surface area contributed by atoms with Crippen molar-refractivity contribution >= 4 is 11.8 Å². The molecule has 2 aromatic rings. The van der Waals surface area contributed by atoms with Gasteiger partial charge in [0.15, 0.2) is 0 Å². The quantitative estimate of drug-likeness (QED) is 0.571. The third kappa shape index (κ3) is 5.33. The summed E-state index contributed by atoms with van der Waals surface area (Å²) in [5.74, 6) is -3.84. The average molecular weight is 498 g/mol. The van der Waals surface area contributed by atoms with E-state index in [4.69, 9.17) is 4.74 Å². The van der Waals surface area contributed by atoms with Gasteiger partial charge in [-0.05, 0) is 42.7 Å². The minimum Gasteiger partial charge on any atom is -0.496 e. The molecule has 1 atom stereocenters. The molecule has 0 bridgehead atoms. The number of rotatable bonds is 6. The summed E-state index contributed by atoms with van der Waals surface area (Å²) in [6, 6.07) is 8.16. The van der Waals surface area contributed by atoms with Crippen LogP contribution in [0.1, 0.15) is 53.2 Å². The highest BCUT2D eigenvalue weighted by Gasteiger charge is 2.48. The van der Waals surface area contributed by atoms with Crippen molar-refractivity contribution in [3.63, 3.8) is 0 Å². The van der Waals surface area contributed by atoms with Gasteiger partial charge < -0.3 is 19.7 Å². The molecule has 1 N–H and O–H groups in total. The lowest BCUT2D eigenvalue weighted by Crippen LogP contribution is -2.47. The highest BCUT2D eigenvalue weighted by molar-refractivity contribution is 6.05. The topological polar surface area (TPSA) is 67.9 Å². The molecular formula is C24H23F5N2O4. The van der Waals surface area contributed by atoms with Crippen molar-refractivity contribution in [2.24, 2.45) is 0 Å². The molecule has 11 heteroatoms. The summed E-state index contributed by atoms with van der Waals surface area (Å²) in [5.41, 5.74) is 1.14. The van der Waals surface area contributed by atoms with Crippen LogP contribution >= 0.6 is 0 Å². The molecule has 0 spiro atoms. The molecular weight excluding hydrogens is 475 g/mol. The first-order valence-electron chi connectivity index (χ1n) is 11.0. The van der Waals surface area contributed by atoms with Crippen molar-refractivity contribution in [2.75, 3.05) is 7.11 Å². The Labute approximate surface area is 198 Å². The van der Waals surface area contributed by atoms with Crippen LogP contribution in [0.3, 0.4) is 0 Å². The summed E-state index contributed by atoms with van der Waals surface area (Å²) in [6.07, 6.45) is -5.46. The summed E-state index contributed by atoms with van der Waals surface area (Å²) < 4.78 is 73.8. The Balaban J connectivity index is 1.55. The van der Waals surface area contributed by atoms with Gasteiger partial charge in [-0.3, -0.25) is 9.59 Å². The van der Waals surface area contributed by atoms with Crippen LogP contribution in [0, 0.1) is 0 Å². The van der Waals surface area contributed by atoms with Crippen molar-refractivity contribution in [3.05, 3.63) is 59.2 Å². The molecule has 1 heterocycles. The molecule has 0 aromatic heterocycles. The molecule has 1 aliphatic heterocycles. The Morgan fingerprint density at radius 3 is 2.37 bits per heavy atom. The molecule has 188 valence electrons. The minimum absolute atomic E-state index is 0.0309. The Morgan fingerprint density at radius 2 is 1.77 bits per heavy atom. The molecule has 1 fully saturated rings. The zero-order valence-corrected chi connectivity index (χ0v) is 18.7. The van der Waals surface area contributed by atoms with Gasteiger partial charge in [-0.2, -0.15) is 0 Å². The fraction of sp³-hybridized carbons (Fsp3) is 0.417. The number of carbonyl (C=O) groups excluding carboxylic acids is 2. The van der Waals surface area contributed by atoms with E-state index in [1.54, 1.807) is 18.2 Å². The van der Waals surface area contributed by atoms with Gasteiger partial charge in [0.2, 0.25) is 11.8 Å². The number of nitrogens with zero attached hydrogens (tertiary/aromatic N) is 1. The van der Waals surface area contributed by atoms with Crippen molar-refractivity contribution < 1.29 is 41.0 Å². The average Bonchev–Trinajstić information content (AvgIpc) is 3.10. The molecule has 0 radical (unpaired) electrons. The molecule has 2 aliphatic rings. The second-order valence-electron chi connectivity index (χ2n) is 8.53. The van der Waals surface area contributed by atoms with E-state index in [1.165, 1.54) is 24.1 Å². The molecule has 4 rings (SSSR count). The normalized spacial score (nSPS) is 19.9. The molecule has 2 amide bonds. The maximum atomic E-state index is 13.8. The van der Waals surface area contributed by atoms with E-state index < -0.39 is 41.9 Å². The Bertz CT molecular complexity index is 1090. The number of benzene rings is 2. The Kier molecular flexibility index (Phi) is 6.61. The number of amides is 2. The maximum Gasteiger partial charge on any atom is 0.573 e. The second kappa shape index (κ2) is 9.35. The van der Waals surface area contributed by atoms with Gasteiger partial charge >= 0.3 is 6.36 Å². The van der Waals surface area contributed by atoms with E-state index >= 15 is 0 Å². The largest absolute Gasteiger partial charge is 0.573 e. The first-order chi connectivity index (χ1) is 16.5. The Hall–Kier alpha value is -3.37. The van der Waals surface area contributed by atoms with Gasteiger partial charge in [-0.15, -0.1) is 13.2 Å². The number of hydrogen-bond donors (Lipinski definition) is 1. The lowest BCUT2D eigenvalue weighted by atomic mass is 9.90. The summed E-state index contributed by atoms with van der Waals surface area (Å²) in [4.78, 5) is 28.0. The molecule has 1 aliphatic carbocycles.